The van der Waals surface area contributed by atoms with Crippen molar-refractivity contribution in [2.24, 2.45) is 0 Å². The maximum atomic E-state index is 9.12. The van der Waals surface area contributed by atoms with Gasteiger partial charge in [-0.15, -0.1) is 0 Å². The third-order valence-electron chi connectivity index (χ3n) is 17.1. The molecule has 0 amide bonds. The van der Waals surface area contributed by atoms with Crippen LogP contribution in [0.25, 0.3) is 173 Å². The number of nitrogens with zero attached hydrogens (tertiary/aromatic N) is 12. The Kier molecular flexibility index (Phi) is 13.6. The molecule has 0 aliphatic heterocycles. The van der Waals surface area contributed by atoms with Crippen LogP contribution >= 0.6 is 0 Å². The maximum absolute atomic E-state index is 9.12. The highest BCUT2D eigenvalue weighted by molar-refractivity contribution is 6.13. The van der Waals surface area contributed by atoms with Gasteiger partial charge in [-0.3, -0.25) is 0 Å². The average molecular weight is 1200 g/mol. The van der Waals surface area contributed by atoms with Crippen LogP contribution in [0.1, 0.15) is 0 Å². The van der Waals surface area contributed by atoms with E-state index in [9.17, 15) is 0 Å². The monoisotopic (exact) mass is 1200 g/mol. The molecule has 0 saturated carbocycles. The molecule has 17 rings (SSSR count). The van der Waals surface area contributed by atoms with E-state index in [0.29, 0.717) is 63.7 Å². The van der Waals surface area contributed by atoms with Crippen molar-refractivity contribution in [1.82, 2.24) is 54.0 Å². The molecule has 0 bridgehead atoms. The summed E-state index contributed by atoms with van der Waals surface area (Å²) in [4.78, 5) is 50.6. The number of benzene rings is 12. The van der Waals surface area contributed by atoms with Crippen molar-refractivity contribution in [1.29, 1.82) is 0 Å². The van der Waals surface area contributed by atoms with Crippen LogP contribution in [-0.2, 0) is 0 Å². The van der Waals surface area contributed by atoms with Gasteiger partial charge < -0.3 is 9.13 Å². The van der Waals surface area contributed by atoms with E-state index in [-0.39, 0.29) is 0 Å². The first-order valence-electron chi connectivity index (χ1n) is 30.9. The van der Waals surface area contributed by atoms with Crippen molar-refractivity contribution in [2.45, 2.75) is 0 Å². The Bertz CT molecular complexity index is 5620. The summed E-state index contributed by atoms with van der Waals surface area (Å²) in [5, 5.41) is 4.02. The fourth-order valence-electron chi connectivity index (χ4n) is 12.7. The van der Waals surface area contributed by atoms with Gasteiger partial charge in [-0.25, -0.2) is 49.7 Å². The second-order valence-corrected chi connectivity index (χ2v) is 22.8. The van der Waals surface area contributed by atoms with E-state index in [0.717, 1.165) is 111 Å². The Hall–Kier alpha value is -13.2. The van der Waals surface area contributed by atoms with Gasteiger partial charge in [-0.05, 0) is 78.4 Å². The molecule has 94 heavy (non-hydrogen) atoms. The average Bonchev–Trinajstić information content (AvgIpc) is 1.54. The molecule has 0 atom stereocenters. The lowest BCUT2D eigenvalue weighted by Gasteiger charge is -2.21. The summed E-state index contributed by atoms with van der Waals surface area (Å²) in [7, 11) is 0. The van der Waals surface area contributed by atoms with Crippen LogP contribution in [0.4, 0.5) is 5.69 Å². The van der Waals surface area contributed by atoms with Gasteiger partial charge in [0.05, 0.1) is 34.3 Å². The summed E-state index contributed by atoms with van der Waals surface area (Å²) in [5.41, 5.74) is 15.0. The number of fused-ring (bicyclic) bond motifs is 6. The van der Waals surface area contributed by atoms with Crippen molar-refractivity contribution in [3.8, 4) is 125 Å². The van der Waals surface area contributed by atoms with Crippen molar-refractivity contribution in [3.63, 3.8) is 0 Å². The van der Waals surface area contributed by atoms with Crippen LogP contribution in [0.3, 0.4) is 0 Å². The molecule has 12 heteroatoms. The fourth-order valence-corrected chi connectivity index (χ4v) is 12.7. The van der Waals surface area contributed by atoms with Crippen LogP contribution in [0.2, 0.25) is 0 Å². The van der Waals surface area contributed by atoms with Crippen LogP contribution in [0.5, 0.6) is 0 Å². The van der Waals surface area contributed by atoms with Gasteiger partial charge in [0.15, 0.2) is 58.1 Å². The van der Waals surface area contributed by atoms with Gasteiger partial charge in [0, 0.05) is 82.9 Å². The normalized spacial score (nSPS) is 11.4. The summed E-state index contributed by atoms with van der Waals surface area (Å²) >= 11 is 0. The Balaban J connectivity index is 0.903. The summed E-state index contributed by atoms with van der Waals surface area (Å²) in [6, 6.07) is 102. The maximum Gasteiger partial charge on any atom is 0.197 e. The first kappa shape index (κ1) is 54.9. The van der Waals surface area contributed by atoms with E-state index in [1.165, 1.54) is 0 Å². The molecule has 438 valence electrons. The largest absolute Gasteiger partial charge is 0.310 e. The molecule has 12 aromatic carbocycles. The molecule has 0 radical (unpaired) electrons. The first-order valence-corrected chi connectivity index (χ1v) is 30.9. The number of hydrogen-bond donors (Lipinski definition) is 0. The molecule has 17 aromatic rings. The number of rotatable bonds is 12. The van der Waals surface area contributed by atoms with Crippen LogP contribution < -0.4 is 0 Å². The zero-order chi connectivity index (χ0) is 62.5. The fraction of sp³-hybridized carbons (Fsp3) is 0. The summed E-state index contributed by atoms with van der Waals surface area (Å²) in [6.45, 7) is 9.12. The quantitative estimate of drug-likeness (QED) is 0.110. The van der Waals surface area contributed by atoms with E-state index >= 15 is 0 Å². The molecule has 0 N–H and O–H groups in total. The molecule has 0 spiro atoms. The van der Waals surface area contributed by atoms with Crippen LogP contribution in [0, 0.1) is 6.57 Å². The molecule has 0 aliphatic carbocycles. The SMILES string of the molecule is [C-]#[N+]c1cccc(-n2c3ccccc3c3cc(-c4nc(-c5ccccc5)nc(-c5ccccc5)n4)ccc32)c1-c1cc(-c2nc(-c3ccccc3)nc(-c3ccccc3)n2)ccc1-n1c2ccccc2c2cc(-c3nc(-c4ccccc4)nc(-c4ccccc4)n3)ccc21. The highest BCUT2D eigenvalue weighted by Gasteiger charge is 2.26. The lowest BCUT2D eigenvalue weighted by atomic mass is 9.96. The van der Waals surface area contributed by atoms with Crippen LogP contribution in [0.15, 0.2) is 303 Å². The molecule has 0 saturated heterocycles. The van der Waals surface area contributed by atoms with Gasteiger partial charge in [0.2, 0.25) is 0 Å². The summed E-state index contributed by atoms with van der Waals surface area (Å²) < 4.78 is 4.60. The minimum atomic E-state index is 0.456. The molecule has 12 nitrogen and oxygen atoms in total. The molecule has 5 heterocycles. The van der Waals surface area contributed by atoms with E-state index in [2.05, 4.69) is 123 Å². The molecular weight excluding hydrogens is 1150 g/mol. The van der Waals surface area contributed by atoms with Gasteiger partial charge in [-0.1, -0.05) is 231 Å². The highest BCUT2D eigenvalue weighted by Crippen LogP contribution is 2.47. The predicted octanol–water partition coefficient (Wildman–Crippen LogP) is 19.7. The van der Waals surface area contributed by atoms with Crippen molar-refractivity contribution < 1.29 is 0 Å². The molecule has 0 unspecified atom stereocenters. The Labute approximate surface area is 540 Å². The molecular formula is C82H50N12. The minimum Gasteiger partial charge on any atom is -0.310 e. The lowest BCUT2D eigenvalue weighted by molar-refractivity contribution is 1.07. The Morgan fingerprint density at radius 3 is 0.862 bits per heavy atom. The molecule has 0 fully saturated rings. The van der Waals surface area contributed by atoms with Crippen molar-refractivity contribution >= 4 is 49.3 Å². The highest BCUT2D eigenvalue weighted by atomic mass is 15.1. The van der Waals surface area contributed by atoms with Crippen LogP contribution in [-0.4, -0.2) is 54.0 Å². The topological polar surface area (TPSA) is 130 Å². The second kappa shape index (κ2) is 23.3. The third kappa shape index (κ3) is 9.86. The standard InChI is InChI=1S/C82H50N12/c1-83-66-39-24-42-72(94-68-41-23-21-38-62(68)64-50-59(44-47-70(64)94)81-89-76(54-29-12-4-13-30-54)85-77(90-81)55-31-14-5-15-32-55)73(66)65-51-60(82-91-78(56-33-16-6-17-34-56)86-79(92-82)57-35-18-7-19-36-57)45-48-71(65)93-67-40-22-20-37-61(67)63-49-58(43-46-69(63)93)80-87-74(52-25-8-2-9-26-52)84-75(88-80)53-27-10-3-11-28-53/h2-51H. The van der Waals surface area contributed by atoms with Crippen molar-refractivity contribution in [3.05, 3.63) is 315 Å². The van der Waals surface area contributed by atoms with Crippen molar-refractivity contribution in [2.75, 3.05) is 0 Å². The smallest absolute Gasteiger partial charge is 0.197 e. The summed E-state index contributed by atoms with van der Waals surface area (Å²) in [5.74, 6) is 4.97. The first-order chi connectivity index (χ1) is 46.5. The predicted molar refractivity (Wildman–Crippen MR) is 376 cm³/mol. The minimum absolute atomic E-state index is 0.456. The molecule has 5 aromatic heterocycles. The van der Waals surface area contributed by atoms with Gasteiger partial charge in [0.1, 0.15) is 0 Å². The number of aromatic nitrogens is 11. The van der Waals surface area contributed by atoms with E-state index in [1.807, 2.05) is 194 Å². The Morgan fingerprint density at radius 2 is 0.511 bits per heavy atom. The Morgan fingerprint density at radius 1 is 0.223 bits per heavy atom. The van der Waals surface area contributed by atoms with Gasteiger partial charge in [-0.2, -0.15) is 0 Å². The van der Waals surface area contributed by atoms with E-state index in [4.69, 9.17) is 51.4 Å². The zero-order valence-electron chi connectivity index (χ0n) is 50.2. The molecule has 0 aliphatic rings. The third-order valence-corrected chi connectivity index (χ3v) is 17.1. The number of hydrogen-bond acceptors (Lipinski definition) is 9. The lowest BCUT2D eigenvalue weighted by Crippen LogP contribution is -2.04. The zero-order valence-corrected chi connectivity index (χ0v) is 50.2. The summed E-state index contributed by atoms with van der Waals surface area (Å²) in [6.07, 6.45) is 0. The van der Waals surface area contributed by atoms with Gasteiger partial charge >= 0.3 is 0 Å². The van der Waals surface area contributed by atoms with E-state index in [1.54, 1.807) is 0 Å². The second-order valence-electron chi connectivity index (χ2n) is 22.8. The number of para-hydroxylation sites is 2. The van der Waals surface area contributed by atoms with Gasteiger partial charge in [0.25, 0.3) is 0 Å². The van der Waals surface area contributed by atoms with E-state index < -0.39 is 0 Å².